The van der Waals surface area contributed by atoms with E-state index in [1.165, 1.54) is 4.57 Å². The molecule has 1 aliphatic rings. The van der Waals surface area contributed by atoms with E-state index < -0.39 is 5.69 Å². The van der Waals surface area contributed by atoms with Gasteiger partial charge in [-0.25, -0.2) is 9.28 Å². The number of aromatic amines is 1. The number of nitrogens with one attached hydrogen (secondary N) is 1. The van der Waals surface area contributed by atoms with Crippen LogP contribution in [0.2, 0.25) is 0 Å². The van der Waals surface area contributed by atoms with Gasteiger partial charge in [0.1, 0.15) is 0 Å². The number of aliphatic hydroxyl groups excluding tert-OH is 1. The Kier molecular flexibility index (Phi) is 6.12. The first-order chi connectivity index (χ1) is 11.4. The van der Waals surface area contributed by atoms with Gasteiger partial charge in [-0.05, 0) is 25.7 Å². The van der Waals surface area contributed by atoms with Crippen LogP contribution in [0.15, 0.2) is 14.6 Å². The number of H-pyrrole nitrogens is 1. The summed E-state index contributed by atoms with van der Waals surface area (Å²) in [5.41, 5.74) is -0.233. The normalized spacial score (nSPS) is 20.3. The molecule has 24 heavy (non-hydrogen) atoms. The molecule has 0 saturated heterocycles. The van der Waals surface area contributed by atoms with Gasteiger partial charge >= 0.3 is 11.2 Å². The number of hydrogen-bond donors (Lipinski definition) is 2. The molecule has 2 N–H and O–H groups in total. The largest absolute Gasteiger partial charge is 0.393 e. The van der Waals surface area contributed by atoms with Gasteiger partial charge in [-0.3, -0.25) is 14.3 Å². The van der Waals surface area contributed by atoms with Crippen molar-refractivity contribution < 1.29 is 5.11 Å². The second-order valence-corrected chi connectivity index (χ2v) is 6.85. The molecule has 7 nitrogen and oxygen atoms in total. The Labute approximate surface area is 142 Å². The van der Waals surface area contributed by atoms with Crippen LogP contribution in [0.1, 0.15) is 51.9 Å². The number of nitrogens with zero attached hydrogens (tertiary/aromatic N) is 3. The summed E-state index contributed by atoms with van der Waals surface area (Å²) in [6, 6.07) is 0. The molecule has 2 heterocycles. The van der Waals surface area contributed by atoms with Crippen LogP contribution < -0.4 is 15.7 Å². The lowest BCUT2D eigenvalue weighted by Gasteiger charge is -2.24. The van der Waals surface area contributed by atoms with Crippen molar-refractivity contribution in [3.8, 4) is 0 Å². The van der Waals surface area contributed by atoms with E-state index in [-0.39, 0.29) is 11.7 Å². The standard InChI is InChI=1S/C17H28N4O3/c1-4-13(22)10-8-6-5-7-9-11-21(3)12-18-15-14(21)16(23)19-17(24)20(15)2/h12-13,22H,4-11H2,1-3H3/p+1. The molecule has 0 radical (unpaired) electrons. The number of aromatic nitrogens is 2. The minimum atomic E-state index is -0.432. The highest BCUT2D eigenvalue weighted by molar-refractivity contribution is 5.86. The summed E-state index contributed by atoms with van der Waals surface area (Å²) in [4.78, 5) is 30.5. The Morgan fingerprint density at radius 3 is 2.62 bits per heavy atom. The second-order valence-electron chi connectivity index (χ2n) is 6.85. The van der Waals surface area contributed by atoms with Crippen molar-refractivity contribution in [2.24, 2.45) is 12.0 Å². The molecule has 2 atom stereocenters. The summed E-state index contributed by atoms with van der Waals surface area (Å²) in [5.74, 6) is 0.458. The third-order valence-electron chi connectivity index (χ3n) is 4.85. The number of rotatable bonds is 9. The fourth-order valence-electron chi connectivity index (χ4n) is 3.17. The van der Waals surface area contributed by atoms with Crippen molar-refractivity contribution in [1.29, 1.82) is 0 Å². The molecule has 0 saturated carbocycles. The van der Waals surface area contributed by atoms with E-state index in [0.29, 0.717) is 16.0 Å². The molecule has 0 bridgehead atoms. The molecule has 1 aromatic rings. The number of quaternary nitrogens is 1. The number of fused-ring (bicyclic) bond motifs is 1. The van der Waals surface area contributed by atoms with Crippen LogP contribution >= 0.6 is 0 Å². The van der Waals surface area contributed by atoms with Gasteiger partial charge in [0.15, 0.2) is 6.34 Å². The lowest BCUT2D eigenvalue weighted by atomic mass is 10.1. The van der Waals surface area contributed by atoms with Gasteiger partial charge in [0.05, 0.1) is 19.7 Å². The van der Waals surface area contributed by atoms with E-state index in [1.807, 2.05) is 14.0 Å². The average molecular weight is 337 g/mol. The van der Waals surface area contributed by atoms with Crippen LogP contribution in [0, 0.1) is 0 Å². The Balaban J connectivity index is 1.86. The van der Waals surface area contributed by atoms with Crippen molar-refractivity contribution in [1.82, 2.24) is 14.0 Å². The van der Waals surface area contributed by atoms with Crippen LogP contribution in [0.5, 0.6) is 0 Å². The number of aliphatic imine (C=N–C) groups is 1. The summed E-state index contributed by atoms with van der Waals surface area (Å²) in [6.07, 6.45) is 8.68. The smallest absolute Gasteiger partial charge is 0.330 e. The van der Waals surface area contributed by atoms with E-state index in [9.17, 15) is 14.7 Å². The molecule has 2 rings (SSSR count). The summed E-state index contributed by atoms with van der Waals surface area (Å²) in [7, 11) is 3.57. The summed E-state index contributed by atoms with van der Waals surface area (Å²) >= 11 is 0. The van der Waals surface area contributed by atoms with Crippen molar-refractivity contribution in [2.75, 3.05) is 13.6 Å². The van der Waals surface area contributed by atoms with Gasteiger partial charge in [0.25, 0.3) is 0 Å². The molecule has 0 aromatic carbocycles. The van der Waals surface area contributed by atoms with Crippen molar-refractivity contribution in [3.05, 3.63) is 20.8 Å². The van der Waals surface area contributed by atoms with E-state index >= 15 is 0 Å². The molecule has 1 aliphatic heterocycles. The molecule has 1 aromatic heterocycles. The van der Waals surface area contributed by atoms with Gasteiger partial charge in [-0.2, -0.15) is 4.99 Å². The van der Waals surface area contributed by atoms with Gasteiger partial charge in [0, 0.05) is 7.05 Å². The van der Waals surface area contributed by atoms with Crippen LogP contribution in [-0.4, -0.2) is 40.7 Å². The molecular weight excluding hydrogens is 308 g/mol. The number of unbranched alkanes of at least 4 members (excludes halogenated alkanes) is 4. The third kappa shape index (κ3) is 4.02. The zero-order chi connectivity index (χ0) is 17.7. The van der Waals surface area contributed by atoms with Gasteiger partial charge in [-0.1, -0.05) is 26.2 Å². The SMILES string of the molecule is CCC(O)CCCCCCC[N+]1(C)C=Nc2c1c(=O)[nH]c(=O)n2C. The quantitative estimate of drug-likeness (QED) is 0.532. The van der Waals surface area contributed by atoms with Crippen LogP contribution in [0.25, 0.3) is 0 Å². The fourth-order valence-corrected chi connectivity index (χ4v) is 3.17. The first-order valence-corrected chi connectivity index (χ1v) is 8.81. The molecule has 0 aliphatic carbocycles. The highest BCUT2D eigenvalue weighted by atomic mass is 16.3. The average Bonchev–Trinajstić information content (AvgIpc) is 2.90. The lowest BCUT2D eigenvalue weighted by molar-refractivity contribution is 0.156. The third-order valence-corrected chi connectivity index (χ3v) is 4.85. The minimum Gasteiger partial charge on any atom is -0.393 e. The fraction of sp³-hybridized carbons (Fsp3) is 0.706. The van der Waals surface area contributed by atoms with Gasteiger partial charge in [-0.15, -0.1) is 0 Å². The maximum absolute atomic E-state index is 12.2. The first kappa shape index (κ1) is 18.6. The first-order valence-electron chi connectivity index (χ1n) is 8.81. The van der Waals surface area contributed by atoms with E-state index in [2.05, 4.69) is 9.98 Å². The highest BCUT2D eigenvalue weighted by Crippen LogP contribution is 2.31. The van der Waals surface area contributed by atoms with E-state index in [0.717, 1.165) is 51.5 Å². The maximum atomic E-state index is 12.2. The van der Waals surface area contributed by atoms with Crippen LogP contribution in [-0.2, 0) is 7.05 Å². The Morgan fingerprint density at radius 1 is 1.25 bits per heavy atom. The number of hydrogen-bond acceptors (Lipinski definition) is 4. The highest BCUT2D eigenvalue weighted by Gasteiger charge is 2.36. The van der Waals surface area contributed by atoms with Crippen molar-refractivity contribution in [2.45, 2.75) is 58.0 Å². The van der Waals surface area contributed by atoms with E-state index in [4.69, 9.17) is 0 Å². The van der Waals surface area contributed by atoms with Crippen LogP contribution in [0.4, 0.5) is 11.5 Å². The minimum absolute atomic E-state index is 0.162. The van der Waals surface area contributed by atoms with E-state index in [1.54, 1.807) is 13.4 Å². The molecular formula is C17H29N4O3+. The Bertz CT molecular complexity index is 707. The maximum Gasteiger partial charge on any atom is 0.330 e. The topological polar surface area (TPSA) is 87.5 Å². The molecule has 7 heteroatoms. The Morgan fingerprint density at radius 2 is 1.92 bits per heavy atom. The Hall–Kier alpha value is -1.73. The number of aliphatic hydroxyl groups is 1. The van der Waals surface area contributed by atoms with Crippen molar-refractivity contribution in [3.63, 3.8) is 0 Å². The zero-order valence-corrected chi connectivity index (χ0v) is 14.9. The summed E-state index contributed by atoms with van der Waals surface area (Å²) in [5, 5.41) is 9.53. The predicted octanol–water partition coefficient (Wildman–Crippen LogP) is 1.80. The zero-order valence-electron chi connectivity index (χ0n) is 14.9. The monoisotopic (exact) mass is 337 g/mol. The summed E-state index contributed by atoms with van der Waals surface area (Å²) in [6.45, 7) is 2.79. The lowest BCUT2D eigenvalue weighted by Crippen LogP contribution is -2.47. The van der Waals surface area contributed by atoms with Crippen LogP contribution in [0.3, 0.4) is 0 Å². The molecule has 134 valence electrons. The second kappa shape index (κ2) is 7.90. The molecule has 0 fully saturated rings. The van der Waals surface area contributed by atoms with Crippen molar-refractivity contribution >= 4 is 17.8 Å². The van der Waals surface area contributed by atoms with Gasteiger partial charge < -0.3 is 5.11 Å². The predicted molar refractivity (Wildman–Crippen MR) is 97.0 cm³/mol. The summed E-state index contributed by atoms with van der Waals surface area (Å²) < 4.78 is 1.73. The van der Waals surface area contributed by atoms with Gasteiger partial charge in [0.2, 0.25) is 11.5 Å². The molecule has 0 spiro atoms. The molecule has 2 unspecified atom stereocenters. The molecule has 0 amide bonds.